The highest BCUT2D eigenvalue weighted by Gasteiger charge is 2.24. The number of benzene rings is 1. The summed E-state index contributed by atoms with van der Waals surface area (Å²) in [6.07, 6.45) is 0.987. The molecule has 1 aromatic rings. The first-order valence-corrected chi connectivity index (χ1v) is 5.58. The van der Waals surface area contributed by atoms with Crippen molar-refractivity contribution in [1.29, 1.82) is 0 Å². The molecule has 2 amide bonds. The number of nitrogens with one attached hydrogen (secondary N) is 1. The van der Waals surface area contributed by atoms with Crippen molar-refractivity contribution in [2.45, 2.75) is 20.3 Å². The molecule has 1 aliphatic heterocycles. The van der Waals surface area contributed by atoms with Crippen molar-refractivity contribution in [3.63, 3.8) is 0 Å². The van der Waals surface area contributed by atoms with E-state index in [1.807, 2.05) is 19.1 Å². The number of carbonyl (C=O) groups is 1. The van der Waals surface area contributed by atoms with Gasteiger partial charge in [-0.2, -0.15) is 0 Å². The third kappa shape index (κ3) is 1.58. The van der Waals surface area contributed by atoms with E-state index in [2.05, 4.69) is 24.9 Å². The number of rotatable bonds is 2. The minimum atomic E-state index is -0.0933. The lowest BCUT2D eigenvalue weighted by Crippen LogP contribution is -2.37. The lowest BCUT2D eigenvalue weighted by Gasteiger charge is -2.30. The van der Waals surface area contributed by atoms with E-state index in [-0.39, 0.29) is 6.03 Å². The summed E-state index contributed by atoms with van der Waals surface area (Å²) in [4.78, 5) is 13.4. The Morgan fingerprint density at radius 2 is 2.12 bits per heavy atom. The molecule has 0 atom stereocenters. The normalized spacial score (nSPS) is 14.8. The van der Waals surface area contributed by atoms with Gasteiger partial charge in [0.2, 0.25) is 0 Å². The molecular formula is C13H16N2O. The number of anilines is 1. The second-order valence-electron chi connectivity index (χ2n) is 3.85. The molecule has 84 valence electrons. The maximum absolute atomic E-state index is 11.7. The van der Waals surface area contributed by atoms with Gasteiger partial charge in [0, 0.05) is 17.8 Å². The van der Waals surface area contributed by atoms with Gasteiger partial charge in [0.05, 0.1) is 5.69 Å². The van der Waals surface area contributed by atoms with E-state index in [1.54, 1.807) is 4.90 Å². The summed E-state index contributed by atoms with van der Waals surface area (Å²) in [5, 5.41) is 2.87. The van der Waals surface area contributed by atoms with Crippen LogP contribution in [0.2, 0.25) is 0 Å². The predicted octanol–water partition coefficient (Wildman–Crippen LogP) is 3.09. The number of urea groups is 1. The van der Waals surface area contributed by atoms with Crippen LogP contribution in [0.1, 0.15) is 25.0 Å². The zero-order chi connectivity index (χ0) is 11.7. The van der Waals surface area contributed by atoms with Crippen LogP contribution in [-0.4, -0.2) is 17.5 Å². The number of hydrogen-bond acceptors (Lipinski definition) is 1. The van der Waals surface area contributed by atoms with Crippen LogP contribution in [0.25, 0.3) is 5.70 Å². The first-order valence-electron chi connectivity index (χ1n) is 5.58. The Hall–Kier alpha value is -1.77. The van der Waals surface area contributed by atoms with E-state index < -0.39 is 0 Å². The van der Waals surface area contributed by atoms with Gasteiger partial charge in [-0.1, -0.05) is 19.6 Å². The summed E-state index contributed by atoms with van der Waals surface area (Å²) in [5.74, 6) is 0. The average Bonchev–Trinajstić information content (AvgIpc) is 2.29. The summed E-state index contributed by atoms with van der Waals surface area (Å²) in [6.45, 7) is 8.70. The zero-order valence-electron chi connectivity index (χ0n) is 9.71. The third-order valence-electron chi connectivity index (χ3n) is 2.93. The van der Waals surface area contributed by atoms with Crippen LogP contribution in [0.3, 0.4) is 0 Å². The predicted molar refractivity (Wildman–Crippen MR) is 66.3 cm³/mol. The molecule has 0 saturated heterocycles. The monoisotopic (exact) mass is 216 g/mol. The van der Waals surface area contributed by atoms with Gasteiger partial charge in [0.25, 0.3) is 0 Å². The van der Waals surface area contributed by atoms with E-state index in [4.69, 9.17) is 0 Å². The lowest BCUT2D eigenvalue weighted by atomic mass is 10.0. The highest BCUT2D eigenvalue weighted by atomic mass is 16.2. The summed E-state index contributed by atoms with van der Waals surface area (Å²) in [5.41, 5.74) is 3.93. The second-order valence-corrected chi connectivity index (χ2v) is 3.85. The van der Waals surface area contributed by atoms with Gasteiger partial charge in [-0.05, 0) is 31.0 Å². The van der Waals surface area contributed by atoms with Crippen LogP contribution in [0.4, 0.5) is 10.5 Å². The molecule has 1 aliphatic rings. The molecule has 2 rings (SSSR count). The molecule has 3 nitrogen and oxygen atoms in total. The van der Waals surface area contributed by atoms with Crippen LogP contribution in [0.5, 0.6) is 0 Å². The van der Waals surface area contributed by atoms with E-state index in [0.717, 1.165) is 23.4 Å². The molecule has 3 heteroatoms. The minimum absolute atomic E-state index is 0.0933. The van der Waals surface area contributed by atoms with Crippen molar-refractivity contribution in [2.75, 3.05) is 11.9 Å². The second kappa shape index (κ2) is 4.00. The number of carbonyl (C=O) groups excluding carboxylic acids is 1. The first-order chi connectivity index (χ1) is 7.67. The molecule has 0 radical (unpaired) electrons. The van der Waals surface area contributed by atoms with Crippen molar-refractivity contribution >= 4 is 17.4 Å². The van der Waals surface area contributed by atoms with Crippen molar-refractivity contribution < 1.29 is 4.79 Å². The molecule has 0 fully saturated rings. The van der Waals surface area contributed by atoms with E-state index in [1.165, 1.54) is 5.56 Å². The van der Waals surface area contributed by atoms with Crippen molar-refractivity contribution in [2.24, 2.45) is 0 Å². The van der Waals surface area contributed by atoms with Gasteiger partial charge in [-0.25, -0.2) is 4.79 Å². The molecule has 0 unspecified atom stereocenters. The average molecular weight is 216 g/mol. The Balaban J connectivity index is 2.48. The summed E-state index contributed by atoms with van der Waals surface area (Å²) in [7, 11) is 0. The quantitative estimate of drug-likeness (QED) is 0.809. The summed E-state index contributed by atoms with van der Waals surface area (Å²) < 4.78 is 0. The molecule has 0 aliphatic carbocycles. The van der Waals surface area contributed by atoms with E-state index >= 15 is 0 Å². The van der Waals surface area contributed by atoms with Crippen LogP contribution >= 0.6 is 0 Å². The fourth-order valence-electron chi connectivity index (χ4n) is 1.94. The van der Waals surface area contributed by atoms with Gasteiger partial charge in [0.1, 0.15) is 0 Å². The minimum Gasteiger partial charge on any atom is -0.307 e. The van der Waals surface area contributed by atoms with Crippen LogP contribution in [0, 0.1) is 0 Å². The molecule has 1 aromatic carbocycles. The Kier molecular flexibility index (Phi) is 2.69. The molecular weight excluding hydrogens is 200 g/mol. The maximum atomic E-state index is 11.7. The number of fused-ring (bicyclic) bond motifs is 1. The molecule has 16 heavy (non-hydrogen) atoms. The topological polar surface area (TPSA) is 32.3 Å². The lowest BCUT2D eigenvalue weighted by molar-refractivity contribution is 0.232. The number of nitrogens with zero attached hydrogens (tertiary/aromatic N) is 1. The molecule has 1 N–H and O–H groups in total. The SMILES string of the molecule is C=C1c2cc(CC)ccc2NC(=O)N1CC. The van der Waals surface area contributed by atoms with Gasteiger partial charge < -0.3 is 5.32 Å². The maximum Gasteiger partial charge on any atom is 0.326 e. The Morgan fingerprint density at radius 1 is 1.38 bits per heavy atom. The van der Waals surface area contributed by atoms with E-state index in [0.29, 0.717) is 6.54 Å². The number of hydrogen-bond donors (Lipinski definition) is 1. The van der Waals surface area contributed by atoms with Crippen molar-refractivity contribution in [1.82, 2.24) is 4.90 Å². The van der Waals surface area contributed by atoms with Crippen LogP contribution in [-0.2, 0) is 6.42 Å². The van der Waals surface area contributed by atoms with Gasteiger partial charge in [-0.3, -0.25) is 4.90 Å². The van der Waals surface area contributed by atoms with Crippen LogP contribution < -0.4 is 5.32 Å². The fourth-order valence-corrected chi connectivity index (χ4v) is 1.94. The highest BCUT2D eigenvalue weighted by Crippen LogP contribution is 2.31. The third-order valence-corrected chi connectivity index (χ3v) is 2.93. The van der Waals surface area contributed by atoms with Crippen molar-refractivity contribution in [3.05, 3.63) is 35.9 Å². The Bertz CT molecular complexity index is 451. The zero-order valence-corrected chi connectivity index (χ0v) is 9.71. The molecule has 0 spiro atoms. The van der Waals surface area contributed by atoms with Crippen LogP contribution in [0.15, 0.2) is 24.8 Å². The van der Waals surface area contributed by atoms with Gasteiger partial charge >= 0.3 is 6.03 Å². The Labute approximate surface area is 95.8 Å². The van der Waals surface area contributed by atoms with Gasteiger partial charge in [0.15, 0.2) is 0 Å². The Morgan fingerprint density at radius 3 is 2.75 bits per heavy atom. The highest BCUT2D eigenvalue weighted by molar-refractivity contribution is 6.02. The molecule has 1 heterocycles. The standard InChI is InChI=1S/C13H16N2O/c1-4-10-6-7-12-11(8-10)9(3)15(5-2)13(16)14-12/h6-8H,3-5H2,1-2H3,(H,14,16). The van der Waals surface area contributed by atoms with E-state index in [9.17, 15) is 4.79 Å². The molecule has 0 aromatic heterocycles. The van der Waals surface area contributed by atoms with Crippen molar-refractivity contribution in [3.8, 4) is 0 Å². The summed E-state index contributed by atoms with van der Waals surface area (Å²) >= 11 is 0. The van der Waals surface area contributed by atoms with Gasteiger partial charge in [-0.15, -0.1) is 0 Å². The fraction of sp³-hybridized carbons (Fsp3) is 0.308. The largest absolute Gasteiger partial charge is 0.326 e. The smallest absolute Gasteiger partial charge is 0.307 e. The number of amides is 2. The first kappa shape index (κ1) is 10.7. The molecule has 0 bridgehead atoms. The summed E-state index contributed by atoms with van der Waals surface area (Å²) in [6, 6.07) is 5.99. The number of aryl methyl sites for hydroxylation is 1. The molecule has 0 saturated carbocycles.